The number of fused-ring (bicyclic) bond motifs is 8. The molecule has 0 saturated carbocycles. The molecule has 14 rings (SSSR count). The molecule has 0 bridgehead atoms. The van der Waals surface area contributed by atoms with Gasteiger partial charge in [-0.3, -0.25) is 9.13 Å². The zero-order valence-corrected chi connectivity index (χ0v) is 46.1. The summed E-state index contributed by atoms with van der Waals surface area (Å²) >= 11 is 0. The van der Waals surface area contributed by atoms with Crippen molar-refractivity contribution in [2.75, 3.05) is 33.7 Å². The first kappa shape index (κ1) is 52.4. The molecule has 0 atom stereocenters. The summed E-state index contributed by atoms with van der Waals surface area (Å²) in [5.74, 6) is 1.94. The topological polar surface area (TPSA) is 141 Å². The fourth-order valence-corrected chi connectivity index (χ4v) is 9.20. The van der Waals surface area contributed by atoms with Crippen LogP contribution in [0, 0.1) is 39.3 Å². The fourth-order valence-electron chi connectivity index (χ4n) is 9.20. The number of rotatable bonds is 4. The SMILES string of the molecule is CN1[CH-]N(c2[c-]cccc2)c2ncccc21.CN1[CH-]N(c2[c-]cccc2)c2ncccc21.Cc1ccc(-n2c3ccccc3c3cccnc32)c(O)n1.Cc1ccc(-n2c3ccccc3c3cccnc32)c(O)n1.[Pt+2].[Pt+2]. The van der Waals surface area contributed by atoms with E-state index in [1.165, 1.54) is 0 Å². The second-order valence-corrected chi connectivity index (χ2v) is 17.4. The molecule has 4 aromatic carbocycles. The maximum absolute atomic E-state index is 10.2. The van der Waals surface area contributed by atoms with Crippen molar-refractivity contribution in [3.63, 3.8) is 0 Å². The second-order valence-electron chi connectivity index (χ2n) is 17.4. The number of nitrogens with zero attached hydrogens (tertiary/aromatic N) is 12. The molecule has 0 fully saturated rings. The van der Waals surface area contributed by atoms with Crippen LogP contribution in [-0.2, 0) is 42.1 Å². The third-order valence-corrected chi connectivity index (χ3v) is 12.6. The van der Waals surface area contributed by atoms with E-state index in [0.717, 1.165) is 89.6 Å². The number of para-hydroxylation sites is 4. The van der Waals surface area contributed by atoms with E-state index in [9.17, 15) is 10.2 Å². The minimum Gasteiger partial charge on any atom is -0.502 e. The Balaban J connectivity index is 0.000000124. The van der Waals surface area contributed by atoms with E-state index in [0.29, 0.717) is 11.4 Å². The van der Waals surface area contributed by atoms with Crippen molar-refractivity contribution in [1.82, 2.24) is 39.0 Å². The molecule has 2 aliphatic heterocycles. The maximum atomic E-state index is 10.2. The van der Waals surface area contributed by atoms with Crippen molar-refractivity contribution < 1.29 is 52.3 Å². The van der Waals surface area contributed by atoms with Gasteiger partial charge in [0.2, 0.25) is 11.8 Å². The average Bonchev–Trinajstić information content (AvgIpc) is 4.18. The zero-order valence-electron chi connectivity index (χ0n) is 41.5. The van der Waals surface area contributed by atoms with Crippen LogP contribution in [0.2, 0.25) is 0 Å². The first-order chi connectivity index (χ1) is 36.2. The van der Waals surface area contributed by atoms with Crippen molar-refractivity contribution >= 4 is 78.3 Å². The molecule has 0 aliphatic carbocycles. The Hall–Kier alpha value is -8.44. The number of anilines is 6. The summed E-state index contributed by atoms with van der Waals surface area (Å²) in [5, 5.41) is 24.8. The number of aromatic nitrogens is 8. The molecule has 0 unspecified atom stereocenters. The van der Waals surface area contributed by atoms with E-state index in [4.69, 9.17) is 0 Å². The summed E-state index contributed by atoms with van der Waals surface area (Å²) in [7, 11) is 4.03. The van der Waals surface area contributed by atoms with E-state index >= 15 is 0 Å². The minimum atomic E-state index is 0. The number of aromatic hydroxyl groups is 2. The Morgan fingerprint density at radius 2 is 0.789 bits per heavy atom. The van der Waals surface area contributed by atoms with Crippen molar-refractivity contribution in [3.05, 3.63) is 232 Å². The van der Waals surface area contributed by atoms with Crippen LogP contribution in [0.15, 0.2) is 195 Å². The molecular weight excluding hydrogens is 1310 g/mol. The van der Waals surface area contributed by atoms with Crippen LogP contribution < -0.4 is 19.6 Å². The molecule has 16 heteroatoms. The molecule has 2 aliphatic rings. The summed E-state index contributed by atoms with van der Waals surface area (Å²) < 4.78 is 3.90. The second kappa shape index (κ2) is 23.0. The summed E-state index contributed by atoms with van der Waals surface area (Å²) in [6.07, 6.45) is 7.14. The summed E-state index contributed by atoms with van der Waals surface area (Å²) in [6, 6.07) is 61.8. The first-order valence-corrected chi connectivity index (χ1v) is 23.8. The fraction of sp³-hybridized carbons (Fsp3) is 0.0667. The van der Waals surface area contributed by atoms with E-state index in [1.807, 2.05) is 218 Å². The first-order valence-electron chi connectivity index (χ1n) is 23.8. The molecule has 0 saturated heterocycles. The molecule has 8 aromatic heterocycles. The molecule has 14 nitrogen and oxygen atoms in total. The molecule has 12 aromatic rings. The average molecular weight is 1360 g/mol. The summed E-state index contributed by atoms with van der Waals surface area (Å²) in [4.78, 5) is 34.3. The monoisotopic (exact) mass is 1360 g/mol. The van der Waals surface area contributed by atoms with Gasteiger partial charge in [-0.2, -0.15) is 74.0 Å². The van der Waals surface area contributed by atoms with Crippen LogP contribution in [0.5, 0.6) is 11.8 Å². The third-order valence-electron chi connectivity index (χ3n) is 12.6. The van der Waals surface area contributed by atoms with Gasteiger partial charge < -0.3 is 29.8 Å². The van der Waals surface area contributed by atoms with E-state index in [2.05, 4.69) is 76.1 Å². The normalized spacial score (nSPS) is 12.2. The largest absolute Gasteiger partial charge is 2.00 e. The Labute approximate surface area is 468 Å². The Morgan fingerprint density at radius 3 is 1.20 bits per heavy atom. The molecule has 0 radical (unpaired) electrons. The van der Waals surface area contributed by atoms with Gasteiger partial charge in [0.25, 0.3) is 0 Å². The Bertz CT molecular complexity index is 3590. The quantitative estimate of drug-likeness (QED) is 0.162. The van der Waals surface area contributed by atoms with Crippen LogP contribution in [0.1, 0.15) is 11.4 Å². The van der Waals surface area contributed by atoms with E-state index < -0.39 is 0 Å². The predicted octanol–water partition coefficient (Wildman–Crippen LogP) is 12.3. The number of aryl methyl sites for hydroxylation is 2. The van der Waals surface area contributed by atoms with Crippen LogP contribution in [0.25, 0.3) is 55.2 Å². The van der Waals surface area contributed by atoms with Crippen LogP contribution in [-0.4, -0.2) is 63.3 Å². The van der Waals surface area contributed by atoms with Crippen molar-refractivity contribution in [1.29, 1.82) is 0 Å². The molecule has 10 heterocycles. The van der Waals surface area contributed by atoms with Gasteiger partial charge in [0.15, 0.2) is 0 Å². The van der Waals surface area contributed by atoms with Gasteiger partial charge in [-0.15, -0.1) is 11.4 Å². The van der Waals surface area contributed by atoms with E-state index in [1.54, 1.807) is 12.4 Å². The third kappa shape index (κ3) is 10.2. The molecule has 76 heavy (non-hydrogen) atoms. The van der Waals surface area contributed by atoms with Crippen molar-refractivity contribution in [3.8, 4) is 23.1 Å². The number of hydrogen-bond acceptors (Lipinski definition) is 12. The number of hydrogen-bond donors (Lipinski definition) is 2. The number of pyridine rings is 6. The molecule has 380 valence electrons. The van der Waals surface area contributed by atoms with Gasteiger partial charge in [-0.05, 0) is 113 Å². The molecule has 0 amide bonds. The van der Waals surface area contributed by atoms with Crippen LogP contribution >= 0.6 is 0 Å². The zero-order chi connectivity index (χ0) is 50.7. The molecular formula is C60H48N12O2Pt2. The maximum Gasteiger partial charge on any atom is 2.00 e. The predicted molar refractivity (Wildman–Crippen MR) is 294 cm³/mol. The Morgan fingerprint density at radius 1 is 0.408 bits per heavy atom. The van der Waals surface area contributed by atoms with Crippen LogP contribution in [0.3, 0.4) is 0 Å². The van der Waals surface area contributed by atoms with Gasteiger partial charge in [0.1, 0.15) is 34.3 Å². The van der Waals surface area contributed by atoms with Gasteiger partial charge in [0.05, 0.1) is 11.0 Å². The standard InChI is InChI=1S/2C17H13N3O.2C13H11N3.2Pt/c2*1-11-8-9-15(17(21)19-11)20-14-7-3-2-5-12(14)13-6-4-10-18-16(13)20;2*1-15-10-16(11-6-3-2-4-7-11)13-12(15)8-5-9-14-13;;/h2*2-10H,1H3,(H,19,21);2*2-6,8-10H,1H3;;/q;;2*-2;2*+2. The summed E-state index contributed by atoms with van der Waals surface area (Å²) in [6.45, 7) is 7.74. The van der Waals surface area contributed by atoms with Gasteiger partial charge >= 0.3 is 42.1 Å². The van der Waals surface area contributed by atoms with Gasteiger partial charge in [-0.25, -0.2) is 29.9 Å². The van der Waals surface area contributed by atoms with Crippen LogP contribution in [0.4, 0.5) is 34.4 Å². The minimum absolute atomic E-state index is 0. The van der Waals surface area contributed by atoms with E-state index in [-0.39, 0.29) is 53.9 Å². The number of benzene rings is 4. The molecule has 0 spiro atoms. The van der Waals surface area contributed by atoms with Crippen molar-refractivity contribution in [2.45, 2.75) is 13.8 Å². The summed E-state index contributed by atoms with van der Waals surface area (Å²) in [5.41, 5.74) is 10.7. The smallest absolute Gasteiger partial charge is 0.502 e. The molecule has 2 N–H and O–H groups in total. The van der Waals surface area contributed by atoms with Crippen molar-refractivity contribution in [2.24, 2.45) is 0 Å². The van der Waals surface area contributed by atoms with Gasteiger partial charge in [-0.1, -0.05) is 36.4 Å². The van der Waals surface area contributed by atoms with Gasteiger partial charge in [0, 0.05) is 69.1 Å². The Kier molecular flexibility index (Phi) is 15.9.